The highest BCUT2D eigenvalue weighted by molar-refractivity contribution is 6.05. The van der Waals surface area contributed by atoms with Crippen molar-refractivity contribution in [2.75, 3.05) is 13.1 Å². The topological polar surface area (TPSA) is 90.5 Å². The number of hydrogen-bond acceptors (Lipinski definition) is 5. The van der Waals surface area contributed by atoms with E-state index < -0.39 is 23.2 Å². The van der Waals surface area contributed by atoms with Crippen molar-refractivity contribution in [2.45, 2.75) is 62.4 Å². The van der Waals surface area contributed by atoms with Gasteiger partial charge in [0.2, 0.25) is 11.8 Å². The Morgan fingerprint density at radius 1 is 1.21 bits per heavy atom. The minimum Gasteiger partial charge on any atom is -0.322 e. The van der Waals surface area contributed by atoms with Gasteiger partial charge in [-0.2, -0.15) is 0 Å². The molecular formula is C21H25FN4O3. The quantitative estimate of drug-likeness (QED) is 0.650. The lowest BCUT2D eigenvalue weighted by atomic mass is 9.87. The van der Waals surface area contributed by atoms with Crippen LogP contribution in [0.5, 0.6) is 0 Å². The molecule has 3 N–H and O–H groups in total. The summed E-state index contributed by atoms with van der Waals surface area (Å²) >= 11 is 0. The maximum atomic E-state index is 15.3. The summed E-state index contributed by atoms with van der Waals surface area (Å²) in [6.45, 7) is 1.81. The fraction of sp³-hybridized carbons (Fsp3) is 0.571. The number of fused-ring (bicyclic) bond motifs is 2. The first-order chi connectivity index (χ1) is 13.9. The molecule has 1 saturated carbocycles. The summed E-state index contributed by atoms with van der Waals surface area (Å²) in [5.41, 5.74) is 0.663. The zero-order valence-corrected chi connectivity index (χ0v) is 16.2. The molecule has 7 nitrogen and oxygen atoms in total. The Morgan fingerprint density at radius 2 is 2.07 bits per heavy atom. The largest absolute Gasteiger partial charge is 0.322 e. The Labute approximate surface area is 168 Å². The minimum atomic E-state index is -1.22. The van der Waals surface area contributed by atoms with Crippen LogP contribution in [-0.4, -0.2) is 53.0 Å². The van der Waals surface area contributed by atoms with Gasteiger partial charge in [-0.05, 0) is 42.9 Å². The molecule has 0 radical (unpaired) electrons. The number of nitrogens with zero attached hydrogens (tertiary/aromatic N) is 1. The lowest BCUT2D eigenvalue weighted by Gasteiger charge is -2.34. The number of rotatable bonds is 4. The van der Waals surface area contributed by atoms with Gasteiger partial charge in [0.1, 0.15) is 11.7 Å². The van der Waals surface area contributed by atoms with Crippen molar-refractivity contribution in [1.82, 2.24) is 20.9 Å². The number of piperidine rings is 1. The van der Waals surface area contributed by atoms with Gasteiger partial charge >= 0.3 is 0 Å². The molecule has 8 heteroatoms. The van der Waals surface area contributed by atoms with Crippen LogP contribution in [0.3, 0.4) is 0 Å². The van der Waals surface area contributed by atoms with Crippen molar-refractivity contribution >= 4 is 17.7 Å². The Hall–Kier alpha value is -2.32. The van der Waals surface area contributed by atoms with E-state index in [0.29, 0.717) is 44.6 Å². The molecule has 3 amide bonds. The van der Waals surface area contributed by atoms with E-state index in [4.69, 9.17) is 0 Å². The maximum absolute atomic E-state index is 15.3. The van der Waals surface area contributed by atoms with Gasteiger partial charge in [0.15, 0.2) is 0 Å². The van der Waals surface area contributed by atoms with E-state index in [1.54, 1.807) is 11.0 Å². The zero-order valence-electron chi connectivity index (χ0n) is 16.2. The molecule has 5 rings (SSSR count). The van der Waals surface area contributed by atoms with Crippen molar-refractivity contribution in [3.63, 3.8) is 0 Å². The fourth-order valence-electron chi connectivity index (χ4n) is 5.50. The first kappa shape index (κ1) is 18.7. The van der Waals surface area contributed by atoms with E-state index in [2.05, 4.69) is 16.0 Å². The average molecular weight is 400 g/mol. The lowest BCUT2D eigenvalue weighted by molar-refractivity contribution is -0.136. The highest BCUT2D eigenvalue weighted by Crippen LogP contribution is 2.45. The van der Waals surface area contributed by atoms with E-state index in [9.17, 15) is 14.4 Å². The molecular weight excluding hydrogens is 375 g/mol. The Morgan fingerprint density at radius 3 is 2.90 bits per heavy atom. The third kappa shape index (κ3) is 2.80. The van der Waals surface area contributed by atoms with E-state index >= 15 is 4.39 Å². The van der Waals surface area contributed by atoms with Gasteiger partial charge in [0.05, 0.1) is 5.54 Å². The second-order valence-electron chi connectivity index (χ2n) is 8.70. The van der Waals surface area contributed by atoms with Crippen LogP contribution in [0.25, 0.3) is 0 Å². The number of imide groups is 1. The van der Waals surface area contributed by atoms with Crippen molar-refractivity contribution < 1.29 is 18.8 Å². The third-order valence-corrected chi connectivity index (χ3v) is 7.16. The Bertz CT molecular complexity index is 892. The SMILES string of the molecule is O=C1CCC(N2Cc3c(CN[C@@]45CCC[C@]4(F)CNC5)cccc3C2=O)C(=O)N1. The van der Waals surface area contributed by atoms with Crippen LogP contribution >= 0.6 is 0 Å². The molecule has 1 aromatic rings. The van der Waals surface area contributed by atoms with Crippen LogP contribution in [0.2, 0.25) is 0 Å². The molecule has 3 fully saturated rings. The van der Waals surface area contributed by atoms with Gasteiger partial charge in [-0.1, -0.05) is 12.1 Å². The molecule has 1 unspecified atom stereocenters. The lowest BCUT2D eigenvalue weighted by Crippen LogP contribution is -2.56. The van der Waals surface area contributed by atoms with Crippen molar-refractivity contribution in [3.05, 3.63) is 34.9 Å². The molecule has 1 aliphatic carbocycles. The van der Waals surface area contributed by atoms with E-state index in [0.717, 1.165) is 24.0 Å². The smallest absolute Gasteiger partial charge is 0.255 e. The molecule has 3 atom stereocenters. The number of carbonyl (C=O) groups excluding carboxylic acids is 3. The van der Waals surface area contributed by atoms with Crippen LogP contribution in [0.4, 0.5) is 4.39 Å². The number of halogens is 1. The number of hydrogen-bond donors (Lipinski definition) is 3. The number of amides is 3. The molecule has 3 heterocycles. The molecule has 0 aromatic heterocycles. The highest BCUT2D eigenvalue weighted by atomic mass is 19.1. The van der Waals surface area contributed by atoms with Crippen LogP contribution in [0.15, 0.2) is 18.2 Å². The van der Waals surface area contributed by atoms with E-state index in [1.807, 2.05) is 12.1 Å². The second kappa shape index (κ2) is 6.60. The first-order valence-corrected chi connectivity index (χ1v) is 10.3. The maximum Gasteiger partial charge on any atom is 0.255 e. The van der Waals surface area contributed by atoms with Gasteiger partial charge in [-0.25, -0.2) is 4.39 Å². The summed E-state index contributed by atoms with van der Waals surface area (Å²) in [6.07, 6.45) is 2.82. The monoisotopic (exact) mass is 400 g/mol. The summed E-state index contributed by atoms with van der Waals surface area (Å²) in [5.74, 6) is -0.889. The zero-order chi connectivity index (χ0) is 20.2. The predicted octanol–water partition coefficient (Wildman–Crippen LogP) is 0.771. The highest BCUT2D eigenvalue weighted by Gasteiger charge is 2.58. The molecule has 2 saturated heterocycles. The van der Waals surface area contributed by atoms with E-state index in [-0.39, 0.29) is 18.2 Å². The molecule has 0 spiro atoms. The number of benzene rings is 1. The number of carbonyl (C=O) groups is 3. The summed E-state index contributed by atoms with van der Waals surface area (Å²) < 4.78 is 15.3. The van der Waals surface area contributed by atoms with Gasteiger partial charge < -0.3 is 15.5 Å². The molecule has 3 aliphatic heterocycles. The molecule has 1 aromatic carbocycles. The Kier molecular flexibility index (Phi) is 4.25. The van der Waals surface area contributed by atoms with Crippen molar-refractivity contribution in [1.29, 1.82) is 0 Å². The second-order valence-corrected chi connectivity index (χ2v) is 8.70. The predicted molar refractivity (Wildman–Crippen MR) is 103 cm³/mol. The van der Waals surface area contributed by atoms with Crippen molar-refractivity contribution in [2.24, 2.45) is 0 Å². The van der Waals surface area contributed by atoms with Gasteiger partial charge in [0.25, 0.3) is 5.91 Å². The van der Waals surface area contributed by atoms with Crippen LogP contribution in [0.1, 0.15) is 53.6 Å². The summed E-state index contributed by atoms with van der Waals surface area (Å²) in [5, 5.41) is 8.99. The summed E-state index contributed by atoms with van der Waals surface area (Å²) in [6, 6.07) is 4.95. The van der Waals surface area contributed by atoms with E-state index in [1.165, 1.54) is 0 Å². The van der Waals surface area contributed by atoms with Crippen LogP contribution in [-0.2, 0) is 22.7 Å². The van der Waals surface area contributed by atoms with Gasteiger partial charge in [0, 0.05) is 38.2 Å². The van der Waals surface area contributed by atoms with Crippen LogP contribution in [0, 0.1) is 0 Å². The molecule has 154 valence electrons. The molecule has 29 heavy (non-hydrogen) atoms. The number of nitrogens with one attached hydrogen (secondary N) is 3. The average Bonchev–Trinajstić information content (AvgIpc) is 3.29. The standard InChI is InChI=1S/C21H25FN4O3/c22-20-7-2-8-21(20,12-23-11-20)24-9-13-3-1-4-14-15(13)10-26(19(14)29)16-5-6-17(27)25-18(16)28/h1,3-4,16,23-24H,2,5-12H2,(H,25,27,28)/t16?,20-,21+/m0/s1. The minimum absolute atomic E-state index is 0.183. The first-order valence-electron chi connectivity index (χ1n) is 10.3. The van der Waals surface area contributed by atoms with Gasteiger partial charge in [-0.15, -0.1) is 0 Å². The Balaban J connectivity index is 1.36. The normalized spacial score (nSPS) is 33.8. The summed E-state index contributed by atoms with van der Waals surface area (Å²) in [7, 11) is 0. The molecule has 0 bridgehead atoms. The van der Waals surface area contributed by atoms with Crippen molar-refractivity contribution in [3.8, 4) is 0 Å². The molecule has 4 aliphatic rings. The fourth-order valence-corrected chi connectivity index (χ4v) is 5.50. The van der Waals surface area contributed by atoms with Gasteiger partial charge in [-0.3, -0.25) is 19.7 Å². The summed E-state index contributed by atoms with van der Waals surface area (Å²) in [4.78, 5) is 38.2. The van der Waals surface area contributed by atoms with Crippen LogP contribution < -0.4 is 16.0 Å². The number of alkyl halides is 1. The third-order valence-electron chi connectivity index (χ3n) is 7.16.